The zero-order chi connectivity index (χ0) is 19.5. The van der Waals surface area contributed by atoms with Gasteiger partial charge in [0.05, 0.1) is 18.8 Å². The van der Waals surface area contributed by atoms with Gasteiger partial charge in [0, 0.05) is 43.7 Å². The lowest BCUT2D eigenvalue weighted by molar-refractivity contribution is -0.135. The van der Waals surface area contributed by atoms with Gasteiger partial charge in [0.2, 0.25) is 5.91 Å². The number of likely N-dealkylation sites (tertiary alicyclic amines) is 1. The van der Waals surface area contributed by atoms with Crippen LogP contribution in [-0.4, -0.2) is 60.3 Å². The average molecular weight is 384 g/mol. The van der Waals surface area contributed by atoms with Gasteiger partial charge in [-0.2, -0.15) is 4.98 Å². The van der Waals surface area contributed by atoms with Crippen LogP contribution in [0.5, 0.6) is 0 Å². The quantitative estimate of drug-likeness (QED) is 0.807. The lowest BCUT2D eigenvalue weighted by Gasteiger charge is -2.31. The minimum atomic E-state index is 0.0463. The van der Waals surface area contributed by atoms with Crippen LogP contribution in [0.1, 0.15) is 38.4 Å². The lowest BCUT2D eigenvalue weighted by Crippen LogP contribution is -2.40. The van der Waals surface area contributed by atoms with Crippen LogP contribution in [0.4, 0.5) is 5.69 Å². The predicted molar refractivity (Wildman–Crippen MR) is 106 cm³/mol. The number of rotatable bonds is 4. The van der Waals surface area contributed by atoms with Gasteiger partial charge in [-0.3, -0.25) is 4.79 Å². The van der Waals surface area contributed by atoms with Gasteiger partial charge in [0.25, 0.3) is 5.89 Å². The number of carbonyl (C=O) groups excluding carboxylic acids is 1. The number of nitrogens with zero attached hydrogens (tertiary/aromatic N) is 4. The molecule has 2 aromatic rings. The van der Waals surface area contributed by atoms with Gasteiger partial charge in [-0.15, -0.1) is 0 Å². The van der Waals surface area contributed by atoms with E-state index in [0.717, 1.165) is 69.3 Å². The predicted octanol–water partition coefficient (Wildman–Crippen LogP) is 2.94. The minimum Gasteiger partial charge on any atom is -0.378 e. The number of anilines is 1. The molecule has 2 aliphatic rings. The van der Waals surface area contributed by atoms with Crippen molar-refractivity contribution < 1.29 is 14.1 Å². The summed E-state index contributed by atoms with van der Waals surface area (Å²) in [5.74, 6) is 1.84. The second-order valence-corrected chi connectivity index (χ2v) is 7.83. The van der Waals surface area contributed by atoms with E-state index in [9.17, 15) is 4.79 Å². The Morgan fingerprint density at radius 3 is 2.54 bits per heavy atom. The van der Waals surface area contributed by atoms with Crippen LogP contribution in [0, 0.1) is 5.92 Å². The van der Waals surface area contributed by atoms with E-state index in [1.807, 2.05) is 36.9 Å². The van der Waals surface area contributed by atoms with Crippen molar-refractivity contribution in [2.45, 2.75) is 32.6 Å². The normalized spacial score (nSPS) is 18.7. The van der Waals surface area contributed by atoms with Crippen molar-refractivity contribution in [1.82, 2.24) is 15.0 Å². The van der Waals surface area contributed by atoms with E-state index in [-0.39, 0.29) is 17.7 Å². The van der Waals surface area contributed by atoms with Crippen molar-refractivity contribution in [3.63, 3.8) is 0 Å². The highest BCUT2D eigenvalue weighted by atomic mass is 16.5. The number of aromatic nitrogens is 2. The van der Waals surface area contributed by atoms with Crippen molar-refractivity contribution in [3.05, 3.63) is 30.1 Å². The molecule has 0 N–H and O–H groups in total. The molecule has 0 spiro atoms. The first-order chi connectivity index (χ1) is 13.6. The Hall–Kier alpha value is -2.41. The molecule has 0 bridgehead atoms. The molecule has 0 saturated carbocycles. The molecule has 2 aliphatic heterocycles. The molecule has 4 rings (SSSR count). The van der Waals surface area contributed by atoms with Gasteiger partial charge < -0.3 is 19.1 Å². The number of para-hydroxylation sites is 1. The molecule has 3 heterocycles. The number of hydrogen-bond acceptors (Lipinski definition) is 6. The van der Waals surface area contributed by atoms with Crippen molar-refractivity contribution in [3.8, 4) is 11.5 Å². The summed E-state index contributed by atoms with van der Waals surface area (Å²) >= 11 is 0. The molecule has 28 heavy (non-hydrogen) atoms. The summed E-state index contributed by atoms with van der Waals surface area (Å²) in [7, 11) is 0. The standard InChI is InChI=1S/C21H28N4O3/c1-15(2)21(26)25-9-7-16(8-10-25)19-22-20(28-23-19)17-5-3-4-6-18(17)24-11-13-27-14-12-24/h3-6,15-16H,7-14H2,1-2H3. The van der Waals surface area contributed by atoms with Crippen LogP contribution in [0.25, 0.3) is 11.5 Å². The van der Waals surface area contributed by atoms with E-state index in [1.54, 1.807) is 0 Å². The fourth-order valence-corrected chi connectivity index (χ4v) is 3.97. The Morgan fingerprint density at radius 2 is 1.82 bits per heavy atom. The molecule has 0 aliphatic carbocycles. The Morgan fingerprint density at radius 1 is 1.11 bits per heavy atom. The van der Waals surface area contributed by atoms with Crippen LogP contribution in [0.15, 0.2) is 28.8 Å². The second-order valence-electron chi connectivity index (χ2n) is 7.83. The number of morpholine rings is 1. The summed E-state index contributed by atoms with van der Waals surface area (Å²) in [6.07, 6.45) is 1.76. The van der Waals surface area contributed by atoms with Crippen LogP contribution in [0.3, 0.4) is 0 Å². The van der Waals surface area contributed by atoms with E-state index in [2.05, 4.69) is 16.1 Å². The maximum atomic E-state index is 12.2. The van der Waals surface area contributed by atoms with Crippen molar-refractivity contribution >= 4 is 11.6 Å². The molecule has 7 nitrogen and oxygen atoms in total. The van der Waals surface area contributed by atoms with E-state index in [1.165, 1.54) is 0 Å². The average Bonchev–Trinajstić information content (AvgIpc) is 3.24. The fourth-order valence-electron chi connectivity index (χ4n) is 3.97. The highest BCUT2D eigenvalue weighted by Crippen LogP contribution is 2.33. The SMILES string of the molecule is CC(C)C(=O)N1CCC(c2noc(-c3ccccc3N3CCOCC3)n2)CC1. The van der Waals surface area contributed by atoms with Crippen molar-refractivity contribution in [2.75, 3.05) is 44.3 Å². The van der Waals surface area contributed by atoms with Crippen LogP contribution in [-0.2, 0) is 9.53 Å². The summed E-state index contributed by atoms with van der Waals surface area (Å²) in [6.45, 7) is 8.61. The number of benzene rings is 1. The Labute approximate surface area is 165 Å². The maximum absolute atomic E-state index is 12.2. The van der Waals surface area contributed by atoms with E-state index >= 15 is 0 Å². The van der Waals surface area contributed by atoms with Gasteiger partial charge in [-0.25, -0.2) is 0 Å². The molecule has 1 aromatic heterocycles. The summed E-state index contributed by atoms with van der Waals surface area (Å²) in [5.41, 5.74) is 2.08. The molecular weight excluding hydrogens is 356 g/mol. The first-order valence-corrected chi connectivity index (χ1v) is 10.2. The molecule has 2 saturated heterocycles. The summed E-state index contributed by atoms with van der Waals surface area (Å²) in [6, 6.07) is 8.17. The Kier molecular flexibility index (Phi) is 5.62. The zero-order valence-corrected chi connectivity index (χ0v) is 16.6. The number of hydrogen-bond donors (Lipinski definition) is 0. The fraction of sp³-hybridized carbons (Fsp3) is 0.571. The number of piperidine rings is 1. The van der Waals surface area contributed by atoms with Crippen LogP contribution >= 0.6 is 0 Å². The smallest absolute Gasteiger partial charge is 0.260 e. The van der Waals surface area contributed by atoms with E-state index in [4.69, 9.17) is 14.2 Å². The molecule has 1 amide bonds. The monoisotopic (exact) mass is 384 g/mol. The number of amides is 1. The first kappa shape index (κ1) is 18.9. The largest absolute Gasteiger partial charge is 0.378 e. The molecule has 2 fully saturated rings. The van der Waals surface area contributed by atoms with Gasteiger partial charge in [-0.1, -0.05) is 31.1 Å². The van der Waals surface area contributed by atoms with E-state index in [0.29, 0.717) is 5.89 Å². The highest BCUT2D eigenvalue weighted by Gasteiger charge is 2.28. The van der Waals surface area contributed by atoms with Crippen molar-refractivity contribution in [1.29, 1.82) is 0 Å². The van der Waals surface area contributed by atoms with E-state index < -0.39 is 0 Å². The minimum absolute atomic E-state index is 0.0463. The molecule has 7 heteroatoms. The van der Waals surface area contributed by atoms with Crippen LogP contribution < -0.4 is 4.90 Å². The Bertz CT molecular complexity index is 805. The summed E-state index contributed by atoms with van der Waals surface area (Å²) < 4.78 is 11.1. The number of ether oxygens (including phenoxy) is 1. The molecule has 0 atom stereocenters. The highest BCUT2D eigenvalue weighted by molar-refractivity contribution is 5.78. The van der Waals surface area contributed by atoms with Gasteiger partial charge in [-0.05, 0) is 25.0 Å². The molecule has 0 radical (unpaired) electrons. The zero-order valence-electron chi connectivity index (χ0n) is 16.6. The maximum Gasteiger partial charge on any atom is 0.260 e. The topological polar surface area (TPSA) is 71.7 Å². The van der Waals surface area contributed by atoms with Gasteiger partial charge >= 0.3 is 0 Å². The Balaban J connectivity index is 1.48. The molecule has 1 aromatic carbocycles. The van der Waals surface area contributed by atoms with Crippen molar-refractivity contribution in [2.24, 2.45) is 5.92 Å². The second kappa shape index (κ2) is 8.31. The lowest BCUT2D eigenvalue weighted by atomic mass is 9.95. The van der Waals surface area contributed by atoms with Crippen LogP contribution in [0.2, 0.25) is 0 Å². The third kappa shape index (κ3) is 3.90. The third-order valence-electron chi connectivity index (χ3n) is 5.59. The molecular formula is C21H28N4O3. The summed E-state index contributed by atoms with van der Waals surface area (Å²) in [4.78, 5) is 21.2. The first-order valence-electron chi connectivity index (χ1n) is 10.2. The molecule has 150 valence electrons. The van der Waals surface area contributed by atoms with Gasteiger partial charge in [0.1, 0.15) is 0 Å². The summed E-state index contributed by atoms with van der Waals surface area (Å²) in [5, 5.41) is 4.27. The number of carbonyl (C=O) groups is 1. The molecule has 0 unspecified atom stereocenters. The van der Waals surface area contributed by atoms with Gasteiger partial charge in [0.15, 0.2) is 5.82 Å². The third-order valence-corrected chi connectivity index (χ3v) is 5.59.